The third kappa shape index (κ3) is 3.51. The second-order valence-electron chi connectivity index (χ2n) is 4.05. The number of hydrogen-bond donors (Lipinski definition) is 0. The summed E-state index contributed by atoms with van der Waals surface area (Å²) >= 11 is 0. The number of aromatic nitrogens is 2. The van der Waals surface area contributed by atoms with E-state index in [0.29, 0.717) is 5.89 Å². The van der Waals surface area contributed by atoms with Crippen LogP contribution < -0.4 is 4.90 Å². The molecule has 0 saturated heterocycles. The molecule has 0 fully saturated rings. The Morgan fingerprint density at radius 1 is 1.00 bits per heavy atom. The van der Waals surface area contributed by atoms with Gasteiger partial charge < -0.3 is 9.32 Å². The number of nitrogens with zero attached hydrogens (tertiary/aromatic N) is 3. The van der Waals surface area contributed by atoms with E-state index in [4.69, 9.17) is 4.42 Å². The van der Waals surface area contributed by atoms with E-state index in [-0.39, 0.29) is 0 Å². The monoisotopic (exact) mass is 259 g/mol. The summed E-state index contributed by atoms with van der Waals surface area (Å²) in [4.78, 5) is 9.59. The van der Waals surface area contributed by atoms with E-state index in [9.17, 15) is 4.39 Å². The quantitative estimate of drug-likeness (QED) is 0.831. The highest BCUT2D eigenvalue weighted by Gasteiger charge is 2.01. The molecule has 0 amide bonds. The Hall–Kier alpha value is -2.43. The molecule has 0 unspecified atom stereocenters. The molecule has 1 aromatic heterocycles. The first-order valence-corrected chi connectivity index (χ1v) is 5.74. The lowest BCUT2D eigenvalue weighted by molar-refractivity contribution is 0.539. The number of benzene rings is 1. The standard InChI is InChI=1S/C14H14FN3O/c1-18(2)12-5-3-11(4-6-12)14-17-9-8-16-13(15)7-10-19-14/h3-10H,1-2H3. The van der Waals surface area contributed by atoms with Crippen LogP contribution in [0.15, 0.2) is 53.4 Å². The van der Waals surface area contributed by atoms with Crippen molar-refractivity contribution in [2.24, 2.45) is 0 Å². The van der Waals surface area contributed by atoms with Crippen molar-refractivity contribution in [1.29, 1.82) is 0 Å². The first-order chi connectivity index (χ1) is 9.16. The van der Waals surface area contributed by atoms with Gasteiger partial charge in [0.15, 0.2) is 0 Å². The van der Waals surface area contributed by atoms with Crippen LogP contribution in [0.4, 0.5) is 10.1 Å². The minimum absolute atomic E-state index is 0.391. The predicted octanol–water partition coefficient (Wildman–Crippen LogP) is 3.07. The molecule has 0 bridgehead atoms. The predicted molar refractivity (Wildman–Crippen MR) is 71.6 cm³/mol. The first kappa shape index (κ1) is 13.0. The van der Waals surface area contributed by atoms with Gasteiger partial charge in [-0.05, 0) is 24.3 Å². The molecule has 19 heavy (non-hydrogen) atoms. The van der Waals surface area contributed by atoms with Gasteiger partial charge in [0.25, 0.3) is 0 Å². The van der Waals surface area contributed by atoms with Crippen molar-refractivity contribution in [2.45, 2.75) is 0 Å². The molecule has 0 radical (unpaired) electrons. The molecule has 0 N–H and O–H groups in total. The van der Waals surface area contributed by atoms with Gasteiger partial charge in [-0.3, -0.25) is 0 Å². The van der Waals surface area contributed by atoms with Crippen LogP contribution in [-0.4, -0.2) is 24.1 Å². The van der Waals surface area contributed by atoms with Crippen molar-refractivity contribution < 1.29 is 8.81 Å². The Balaban J connectivity index is 2.41. The zero-order valence-electron chi connectivity index (χ0n) is 10.7. The molecule has 0 atom stereocenters. The van der Waals surface area contributed by atoms with E-state index in [1.54, 1.807) is 0 Å². The summed E-state index contributed by atoms with van der Waals surface area (Å²) in [5, 5.41) is 0. The first-order valence-electron chi connectivity index (χ1n) is 5.74. The van der Waals surface area contributed by atoms with Crippen LogP contribution in [0.5, 0.6) is 0 Å². The van der Waals surface area contributed by atoms with Crippen molar-refractivity contribution in [1.82, 2.24) is 9.97 Å². The highest BCUT2D eigenvalue weighted by atomic mass is 19.1. The lowest BCUT2D eigenvalue weighted by Gasteiger charge is -2.11. The van der Waals surface area contributed by atoms with Gasteiger partial charge in [0.1, 0.15) is 0 Å². The van der Waals surface area contributed by atoms with Gasteiger partial charge in [-0.2, -0.15) is 4.39 Å². The van der Waals surface area contributed by atoms with Crippen LogP contribution in [0.3, 0.4) is 0 Å². The van der Waals surface area contributed by atoms with Crippen LogP contribution >= 0.6 is 0 Å². The summed E-state index contributed by atoms with van der Waals surface area (Å²) in [6, 6.07) is 8.84. The number of halogens is 1. The van der Waals surface area contributed by atoms with Gasteiger partial charge in [0.05, 0.1) is 6.26 Å². The molecule has 4 nitrogen and oxygen atoms in total. The molecule has 5 heteroatoms. The highest BCUT2D eigenvalue weighted by molar-refractivity contribution is 5.58. The summed E-state index contributed by atoms with van der Waals surface area (Å²) in [6.07, 6.45) is 3.90. The minimum Gasteiger partial charge on any atom is -0.446 e. The van der Waals surface area contributed by atoms with Gasteiger partial charge in [0, 0.05) is 43.8 Å². The van der Waals surface area contributed by atoms with Crippen molar-refractivity contribution in [2.75, 3.05) is 19.0 Å². The Morgan fingerprint density at radius 3 is 2.37 bits per heavy atom. The van der Waals surface area contributed by atoms with Crippen molar-refractivity contribution in [3.63, 3.8) is 0 Å². The van der Waals surface area contributed by atoms with Crippen molar-refractivity contribution >= 4 is 5.69 Å². The normalized spacial score (nSPS) is 9.84. The SMILES string of the molecule is CN(C)c1ccc(-c2nccnc(F)cco2)cc1. The number of rotatable bonds is 2. The van der Waals surface area contributed by atoms with Crippen LogP contribution in [-0.2, 0) is 0 Å². The van der Waals surface area contributed by atoms with Crippen LogP contribution in [0.25, 0.3) is 11.5 Å². The zero-order chi connectivity index (χ0) is 13.7. The number of anilines is 1. The van der Waals surface area contributed by atoms with E-state index in [2.05, 4.69) is 9.97 Å². The van der Waals surface area contributed by atoms with Gasteiger partial charge in [0.2, 0.25) is 11.8 Å². The maximum atomic E-state index is 13.0. The van der Waals surface area contributed by atoms with Gasteiger partial charge in [-0.15, -0.1) is 0 Å². The second kappa shape index (κ2) is 5.95. The van der Waals surface area contributed by atoms with E-state index in [1.807, 2.05) is 43.3 Å². The molecule has 98 valence electrons. The molecular formula is C14H14FN3O. The molecule has 1 heterocycles. The lowest BCUT2D eigenvalue weighted by atomic mass is 10.2. The molecular weight excluding hydrogens is 245 g/mol. The third-order valence-electron chi connectivity index (χ3n) is 2.47. The lowest BCUT2D eigenvalue weighted by Crippen LogP contribution is -2.07. The zero-order valence-corrected chi connectivity index (χ0v) is 10.7. The maximum absolute atomic E-state index is 13.0. The van der Waals surface area contributed by atoms with Crippen molar-refractivity contribution in [3.05, 3.63) is 54.9 Å². The highest BCUT2D eigenvalue weighted by Crippen LogP contribution is 2.19. The summed E-state index contributed by atoms with van der Waals surface area (Å²) in [6.45, 7) is 0. The minimum atomic E-state index is -0.629. The molecule has 2 rings (SSSR count). The van der Waals surface area contributed by atoms with Crippen LogP contribution in [0.2, 0.25) is 0 Å². The fraction of sp³-hybridized carbons (Fsp3) is 0.143. The molecule has 0 aliphatic heterocycles. The maximum Gasteiger partial charge on any atom is 0.225 e. The van der Waals surface area contributed by atoms with Crippen LogP contribution in [0, 0.1) is 5.95 Å². The molecule has 2 aromatic rings. The molecule has 0 saturated carbocycles. The smallest absolute Gasteiger partial charge is 0.225 e. The Bertz CT molecular complexity index is 592. The summed E-state index contributed by atoms with van der Waals surface area (Å²) in [5.74, 6) is -0.238. The fourth-order valence-corrected chi connectivity index (χ4v) is 1.48. The van der Waals surface area contributed by atoms with Crippen LogP contribution in [0.1, 0.15) is 0 Å². The van der Waals surface area contributed by atoms with Gasteiger partial charge >= 0.3 is 0 Å². The Morgan fingerprint density at radius 2 is 1.68 bits per heavy atom. The second-order valence-corrected chi connectivity index (χ2v) is 4.05. The van der Waals surface area contributed by atoms with E-state index in [0.717, 1.165) is 17.3 Å². The van der Waals surface area contributed by atoms with Gasteiger partial charge in [-0.25, -0.2) is 9.97 Å². The topological polar surface area (TPSA) is 42.2 Å². The van der Waals surface area contributed by atoms with E-state index < -0.39 is 5.95 Å². The fourth-order valence-electron chi connectivity index (χ4n) is 1.48. The molecule has 1 aromatic carbocycles. The molecule has 0 aliphatic carbocycles. The average Bonchev–Trinajstić information content (AvgIpc) is 2.51. The Labute approximate surface area is 110 Å². The molecule has 0 aliphatic rings. The van der Waals surface area contributed by atoms with E-state index in [1.165, 1.54) is 18.7 Å². The third-order valence-corrected chi connectivity index (χ3v) is 2.47. The Kier molecular flexibility index (Phi) is 4.07. The van der Waals surface area contributed by atoms with E-state index >= 15 is 0 Å². The van der Waals surface area contributed by atoms with Gasteiger partial charge in [-0.1, -0.05) is 0 Å². The average molecular weight is 259 g/mol. The summed E-state index contributed by atoms with van der Waals surface area (Å²) in [5.41, 5.74) is 1.88. The number of hydrogen-bond acceptors (Lipinski definition) is 4. The summed E-state index contributed by atoms with van der Waals surface area (Å²) < 4.78 is 18.3. The molecule has 0 spiro atoms. The summed E-state index contributed by atoms with van der Waals surface area (Å²) in [7, 11) is 3.93. The van der Waals surface area contributed by atoms with Crippen molar-refractivity contribution in [3.8, 4) is 11.5 Å². The largest absolute Gasteiger partial charge is 0.446 e.